The maximum atomic E-state index is 13.6. The Balaban J connectivity index is 0.000000941. The zero-order chi connectivity index (χ0) is 21.3. The lowest BCUT2D eigenvalue weighted by Crippen LogP contribution is -2.59. The first kappa shape index (κ1) is 23.1. The molecule has 0 radical (unpaired) electrons. The van der Waals surface area contributed by atoms with Crippen molar-refractivity contribution in [1.82, 2.24) is 10.2 Å². The summed E-state index contributed by atoms with van der Waals surface area (Å²) in [5, 5.41) is 13.3. The second kappa shape index (κ2) is 11.1. The number of amides is 1. The summed E-state index contributed by atoms with van der Waals surface area (Å²) in [6.07, 6.45) is 6.90. The van der Waals surface area contributed by atoms with Crippen molar-refractivity contribution in [2.75, 3.05) is 25.0 Å². The predicted octanol–water partition coefficient (Wildman–Crippen LogP) is 3.49. The molecule has 0 aromatic heterocycles. The standard InChI is InChI=1S/C21H32FN3O.CH2O2/c1-16(2)23-20(26)21(24-19-9-5-8-18(22)14-19)10-12-25(13-11-21)15-17-6-3-4-7-17;2-1-3/h5,8-9,14,16-17,24H,3-4,6-7,10-13,15H2,1-2H3,(H,23,26);1H,(H,2,3). The number of nitrogens with one attached hydrogen (secondary N) is 2. The molecule has 2 aliphatic rings. The van der Waals surface area contributed by atoms with Crippen molar-refractivity contribution in [2.24, 2.45) is 5.92 Å². The summed E-state index contributed by atoms with van der Waals surface area (Å²) in [7, 11) is 0. The van der Waals surface area contributed by atoms with Gasteiger partial charge < -0.3 is 20.6 Å². The Labute approximate surface area is 172 Å². The van der Waals surface area contributed by atoms with Gasteiger partial charge in [0, 0.05) is 31.4 Å². The van der Waals surface area contributed by atoms with Gasteiger partial charge in [-0.2, -0.15) is 0 Å². The summed E-state index contributed by atoms with van der Waals surface area (Å²) >= 11 is 0. The van der Waals surface area contributed by atoms with Crippen LogP contribution in [0.4, 0.5) is 10.1 Å². The van der Waals surface area contributed by atoms with Crippen molar-refractivity contribution in [3.63, 3.8) is 0 Å². The number of likely N-dealkylation sites (tertiary alicyclic amines) is 1. The molecule has 1 saturated heterocycles. The molecule has 1 aromatic carbocycles. The van der Waals surface area contributed by atoms with Crippen LogP contribution >= 0.6 is 0 Å². The Bertz CT molecular complexity index is 654. The van der Waals surface area contributed by atoms with E-state index >= 15 is 0 Å². The van der Waals surface area contributed by atoms with Crippen LogP contribution in [-0.2, 0) is 9.59 Å². The average molecular weight is 408 g/mol. The summed E-state index contributed by atoms with van der Waals surface area (Å²) in [4.78, 5) is 23.9. The Morgan fingerprint density at radius 1 is 1.31 bits per heavy atom. The smallest absolute Gasteiger partial charge is 0.290 e. The molecule has 1 heterocycles. The van der Waals surface area contributed by atoms with Gasteiger partial charge in [0.25, 0.3) is 6.47 Å². The van der Waals surface area contributed by atoms with Crippen LogP contribution in [0, 0.1) is 11.7 Å². The first-order chi connectivity index (χ1) is 13.9. The number of carbonyl (C=O) groups excluding carboxylic acids is 1. The van der Waals surface area contributed by atoms with Crippen LogP contribution in [0.15, 0.2) is 24.3 Å². The number of piperidine rings is 1. The van der Waals surface area contributed by atoms with Crippen molar-refractivity contribution in [3.8, 4) is 0 Å². The zero-order valence-corrected chi connectivity index (χ0v) is 17.5. The maximum absolute atomic E-state index is 13.6. The molecule has 1 aliphatic carbocycles. The molecular formula is C22H34FN3O3. The molecule has 0 atom stereocenters. The van der Waals surface area contributed by atoms with E-state index in [1.54, 1.807) is 6.07 Å². The quantitative estimate of drug-likeness (QED) is 0.629. The fourth-order valence-electron chi connectivity index (χ4n) is 4.33. The molecule has 3 rings (SSSR count). The number of rotatable bonds is 6. The lowest BCUT2D eigenvalue weighted by atomic mass is 9.85. The second-order valence-corrected chi connectivity index (χ2v) is 8.40. The third kappa shape index (κ3) is 6.99. The average Bonchev–Trinajstić information content (AvgIpc) is 3.17. The van der Waals surface area contributed by atoms with Crippen LogP contribution in [0.3, 0.4) is 0 Å². The monoisotopic (exact) mass is 407 g/mol. The van der Waals surface area contributed by atoms with Gasteiger partial charge in [-0.1, -0.05) is 18.9 Å². The number of nitrogens with zero attached hydrogens (tertiary/aromatic N) is 1. The van der Waals surface area contributed by atoms with E-state index in [1.165, 1.54) is 37.8 Å². The molecule has 1 aliphatic heterocycles. The van der Waals surface area contributed by atoms with Crippen molar-refractivity contribution >= 4 is 18.1 Å². The van der Waals surface area contributed by atoms with Gasteiger partial charge in [0.05, 0.1) is 0 Å². The minimum absolute atomic E-state index is 0.0253. The fourth-order valence-corrected chi connectivity index (χ4v) is 4.33. The van der Waals surface area contributed by atoms with Crippen LogP contribution in [0.25, 0.3) is 0 Å². The number of anilines is 1. The van der Waals surface area contributed by atoms with Crippen molar-refractivity contribution in [3.05, 3.63) is 30.1 Å². The Morgan fingerprint density at radius 3 is 2.48 bits per heavy atom. The molecule has 3 N–H and O–H groups in total. The van der Waals surface area contributed by atoms with E-state index < -0.39 is 5.54 Å². The van der Waals surface area contributed by atoms with E-state index in [2.05, 4.69) is 15.5 Å². The molecule has 2 fully saturated rings. The normalized spacial score (nSPS) is 19.3. The highest BCUT2D eigenvalue weighted by atomic mass is 19.1. The first-order valence-electron chi connectivity index (χ1n) is 10.5. The van der Waals surface area contributed by atoms with Gasteiger partial charge in [-0.05, 0) is 63.6 Å². The molecule has 1 aromatic rings. The van der Waals surface area contributed by atoms with E-state index in [9.17, 15) is 9.18 Å². The highest BCUT2D eigenvalue weighted by molar-refractivity contribution is 5.89. The largest absolute Gasteiger partial charge is 0.483 e. The van der Waals surface area contributed by atoms with Gasteiger partial charge in [-0.15, -0.1) is 0 Å². The van der Waals surface area contributed by atoms with E-state index in [0.29, 0.717) is 5.69 Å². The number of benzene rings is 1. The van der Waals surface area contributed by atoms with Crippen LogP contribution in [0.2, 0.25) is 0 Å². The SMILES string of the molecule is CC(C)NC(=O)C1(Nc2cccc(F)c2)CCN(CC2CCCC2)CC1.O=CO. The van der Waals surface area contributed by atoms with E-state index in [0.717, 1.165) is 38.4 Å². The number of carbonyl (C=O) groups is 2. The van der Waals surface area contributed by atoms with Crippen molar-refractivity contribution in [1.29, 1.82) is 0 Å². The van der Waals surface area contributed by atoms with E-state index in [4.69, 9.17) is 9.90 Å². The highest BCUT2D eigenvalue weighted by Crippen LogP contribution is 2.31. The molecule has 1 amide bonds. The van der Waals surface area contributed by atoms with Crippen molar-refractivity contribution in [2.45, 2.75) is 64.0 Å². The van der Waals surface area contributed by atoms with Crippen LogP contribution in [0.5, 0.6) is 0 Å². The van der Waals surface area contributed by atoms with E-state index in [1.807, 2.05) is 19.9 Å². The Hall–Kier alpha value is -2.15. The van der Waals surface area contributed by atoms with Gasteiger partial charge in [-0.3, -0.25) is 9.59 Å². The maximum Gasteiger partial charge on any atom is 0.290 e. The first-order valence-corrected chi connectivity index (χ1v) is 10.5. The lowest BCUT2D eigenvalue weighted by molar-refractivity contribution is -0.127. The summed E-state index contributed by atoms with van der Waals surface area (Å²) in [6, 6.07) is 6.50. The molecule has 0 unspecified atom stereocenters. The number of carboxylic acid groups (broad SMARTS) is 1. The number of halogens is 1. The Morgan fingerprint density at radius 2 is 1.93 bits per heavy atom. The molecule has 6 nitrogen and oxygen atoms in total. The van der Waals surface area contributed by atoms with Crippen LogP contribution in [0.1, 0.15) is 52.4 Å². The summed E-state index contributed by atoms with van der Waals surface area (Å²) in [6.45, 7) is 6.67. The number of hydrogen-bond donors (Lipinski definition) is 3. The molecule has 162 valence electrons. The predicted molar refractivity (Wildman–Crippen MR) is 112 cm³/mol. The third-order valence-electron chi connectivity index (χ3n) is 5.76. The lowest BCUT2D eigenvalue weighted by Gasteiger charge is -2.42. The third-order valence-corrected chi connectivity index (χ3v) is 5.76. The van der Waals surface area contributed by atoms with Crippen molar-refractivity contribution < 1.29 is 19.1 Å². The molecule has 7 heteroatoms. The topological polar surface area (TPSA) is 81.7 Å². The molecule has 1 saturated carbocycles. The second-order valence-electron chi connectivity index (χ2n) is 8.40. The highest BCUT2D eigenvalue weighted by Gasteiger charge is 2.42. The van der Waals surface area contributed by atoms with Gasteiger partial charge in [0.1, 0.15) is 11.4 Å². The van der Waals surface area contributed by atoms with Crippen LogP contribution in [-0.4, -0.2) is 53.6 Å². The van der Waals surface area contributed by atoms with Gasteiger partial charge in [0.2, 0.25) is 5.91 Å². The number of hydrogen-bond acceptors (Lipinski definition) is 4. The summed E-state index contributed by atoms with van der Waals surface area (Å²) in [5.74, 6) is 0.563. The minimum atomic E-state index is -0.662. The minimum Gasteiger partial charge on any atom is -0.483 e. The fraction of sp³-hybridized carbons (Fsp3) is 0.636. The van der Waals surface area contributed by atoms with E-state index in [-0.39, 0.29) is 24.2 Å². The van der Waals surface area contributed by atoms with Gasteiger partial charge >= 0.3 is 0 Å². The summed E-state index contributed by atoms with van der Waals surface area (Å²) < 4.78 is 13.6. The van der Waals surface area contributed by atoms with Crippen LogP contribution < -0.4 is 10.6 Å². The zero-order valence-electron chi connectivity index (χ0n) is 17.5. The molecule has 0 spiro atoms. The summed E-state index contributed by atoms with van der Waals surface area (Å²) in [5.41, 5.74) is 0.0118. The van der Waals surface area contributed by atoms with Gasteiger partial charge in [0.15, 0.2) is 0 Å². The molecule has 0 bridgehead atoms. The van der Waals surface area contributed by atoms with Gasteiger partial charge in [-0.25, -0.2) is 4.39 Å². The molecular weight excluding hydrogens is 373 g/mol. The Kier molecular flexibility index (Phi) is 8.89. The molecule has 29 heavy (non-hydrogen) atoms.